The van der Waals surface area contributed by atoms with E-state index in [1.807, 2.05) is 31.2 Å². The molecule has 0 radical (unpaired) electrons. The van der Waals surface area contributed by atoms with Gasteiger partial charge in [0.05, 0.1) is 11.4 Å². The summed E-state index contributed by atoms with van der Waals surface area (Å²) in [4.78, 5) is 12.0. The van der Waals surface area contributed by atoms with Crippen LogP contribution in [0.1, 0.15) is 5.56 Å². The molecule has 0 bridgehead atoms. The van der Waals surface area contributed by atoms with Crippen molar-refractivity contribution in [3.05, 3.63) is 58.3 Å². The van der Waals surface area contributed by atoms with Gasteiger partial charge in [-0.15, -0.1) is 10.2 Å². The van der Waals surface area contributed by atoms with Crippen molar-refractivity contribution in [1.29, 1.82) is 0 Å². The minimum Gasteiger partial charge on any atom is -0.330 e. The van der Waals surface area contributed by atoms with Crippen molar-refractivity contribution in [3.63, 3.8) is 0 Å². The van der Waals surface area contributed by atoms with Crippen molar-refractivity contribution < 1.29 is 9.18 Å². The Bertz CT molecular complexity index is 935. The van der Waals surface area contributed by atoms with Crippen molar-refractivity contribution in [2.45, 2.75) is 11.3 Å². The van der Waals surface area contributed by atoms with Gasteiger partial charge in [-0.05, 0) is 36.8 Å². The molecule has 2 N–H and O–H groups in total. The molecule has 5 nitrogen and oxygen atoms in total. The topological polar surface area (TPSA) is 66.9 Å². The number of nitrogens with zero attached hydrogens (tertiary/aromatic N) is 2. The Morgan fingerprint density at radius 1 is 1.23 bits per heavy atom. The van der Waals surface area contributed by atoms with Crippen molar-refractivity contribution in [2.75, 3.05) is 16.4 Å². The molecule has 2 aromatic carbocycles. The summed E-state index contributed by atoms with van der Waals surface area (Å²) < 4.78 is 15.0. The number of hydrogen-bond acceptors (Lipinski definition) is 6. The Kier molecular flexibility index (Phi) is 6.23. The molecule has 0 saturated heterocycles. The van der Waals surface area contributed by atoms with Gasteiger partial charge in [-0.2, -0.15) is 0 Å². The number of aryl methyl sites for hydroxylation is 1. The number of thioether (sulfide) groups is 1. The summed E-state index contributed by atoms with van der Waals surface area (Å²) in [5.74, 6) is -0.674. The number of carbonyl (C=O) groups excluding carboxylic acids is 1. The predicted octanol–water partition coefficient (Wildman–Crippen LogP) is 5.22. The largest absolute Gasteiger partial charge is 0.330 e. The van der Waals surface area contributed by atoms with Crippen LogP contribution in [-0.4, -0.2) is 21.9 Å². The summed E-state index contributed by atoms with van der Waals surface area (Å²) in [6.07, 6.45) is 0. The lowest BCUT2D eigenvalue weighted by Crippen LogP contribution is -2.14. The van der Waals surface area contributed by atoms with Gasteiger partial charge in [0.1, 0.15) is 5.82 Å². The molecule has 26 heavy (non-hydrogen) atoms. The van der Waals surface area contributed by atoms with Crippen LogP contribution in [0.4, 0.5) is 20.9 Å². The molecule has 134 valence electrons. The first-order valence-electron chi connectivity index (χ1n) is 7.55. The zero-order valence-corrected chi connectivity index (χ0v) is 16.8. The molecular weight excluding hydrogens is 439 g/mol. The highest BCUT2D eigenvalue weighted by Crippen LogP contribution is 2.29. The molecule has 0 spiro atoms. The molecule has 0 unspecified atom stereocenters. The Morgan fingerprint density at radius 3 is 2.81 bits per heavy atom. The normalized spacial score (nSPS) is 10.6. The predicted molar refractivity (Wildman–Crippen MR) is 108 cm³/mol. The average Bonchev–Trinajstić information content (AvgIpc) is 3.05. The maximum absolute atomic E-state index is 13.7. The number of carbonyl (C=O) groups is 1. The summed E-state index contributed by atoms with van der Waals surface area (Å²) in [5, 5.41) is 14.5. The Balaban J connectivity index is 1.54. The van der Waals surface area contributed by atoms with E-state index in [1.54, 1.807) is 6.07 Å². The lowest BCUT2D eigenvalue weighted by atomic mass is 10.2. The first-order valence-corrected chi connectivity index (χ1v) is 10.1. The molecule has 0 saturated carbocycles. The lowest BCUT2D eigenvalue weighted by molar-refractivity contribution is -0.113. The lowest BCUT2D eigenvalue weighted by Gasteiger charge is -2.05. The van der Waals surface area contributed by atoms with E-state index < -0.39 is 5.82 Å². The fourth-order valence-corrected chi connectivity index (χ4v) is 3.95. The third-order valence-electron chi connectivity index (χ3n) is 3.33. The third kappa shape index (κ3) is 5.03. The van der Waals surface area contributed by atoms with E-state index in [1.165, 1.54) is 35.2 Å². The smallest absolute Gasteiger partial charge is 0.234 e. The van der Waals surface area contributed by atoms with Crippen LogP contribution in [0.3, 0.4) is 0 Å². The van der Waals surface area contributed by atoms with Crippen LogP contribution in [0.15, 0.2) is 51.3 Å². The van der Waals surface area contributed by atoms with Crippen LogP contribution >= 0.6 is 39.0 Å². The Morgan fingerprint density at radius 2 is 2.04 bits per heavy atom. The van der Waals surface area contributed by atoms with Gasteiger partial charge in [-0.1, -0.05) is 57.2 Å². The maximum Gasteiger partial charge on any atom is 0.234 e. The summed E-state index contributed by atoms with van der Waals surface area (Å²) in [6, 6.07) is 12.4. The third-order valence-corrected chi connectivity index (χ3v) is 5.79. The molecule has 1 aromatic heterocycles. The number of amides is 1. The first-order chi connectivity index (χ1) is 12.5. The highest BCUT2D eigenvalue weighted by atomic mass is 79.9. The fraction of sp³-hybridized carbons (Fsp3) is 0.118. The standard InChI is InChI=1S/C17H14BrFN4OS2/c1-10-4-2-3-5-13(10)21-16-22-23-17(26-16)25-9-15(24)20-14-7-6-11(18)8-12(14)19/h2-8H,9H2,1H3,(H,20,24)(H,21,22). The maximum atomic E-state index is 13.7. The fourth-order valence-electron chi connectivity index (χ4n) is 2.05. The second-order valence-electron chi connectivity index (χ2n) is 5.27. The van der Waals surface area contributed by atoms with Gasteiger partial charge in [0, 0.05) is 10.2 Å². The van der Waals surface area contributed by atoms with E-state index in [9.17, 15) is 9.18 Å². The monoisotopic (exact) mass is 452 g/mol. The van der Waals surface area contributed by atoms with Crippen LogP contribution in [0.2, 0.25) is 0 Å². The second kappa shape index (κ2) is 8.61. The van der Waals surface area contributed by atoms with Crippen LogP contribution in [0, 0.1) is 12.7 Å². The summed E-state index contributed by atoms with van der Waals surface area (Å²) in [6.45, 7) is 2.00. The van der Waals surface area contributed by atoms with E-state index >= 15 is 0 Å². The quantitative estimate of drug-likeness (QED) is 0.501. The number of hydrogen-bond donors (Lipinski definition) is 2. The minimum atomic E-state index is -0.488. The molecule has 3 rings (SSSR count). The van der Waals surface area contributed by atoms with Crippen molar-refractivity contribution in [2.24, 2.45) is 0 Å². The zero-order valence-electron chi connectivity index (χ0n) is 13.6. The molecule has 0 aliphatic heterocycles. The molecule has 9 heteroatoms. The summed E-state index contributed by atoms with van der Waals surface area (Å²) in [7, 11) is 0. The first kappa shape index (κ1) is 18.8. The molecule has 0 aliphatic rings. The summed E-state index contributed by atoms with van der Waals surface area (Å²) in [5.41, 5.74) is 2.22. The second-order valence-corrected chi connectivity index (χ2v) is 8.39. The number of nitrogens with one attached hydrogen (secondary N) is 2. The molecule has 1 heterocycles. The number of aromatic nitrogens is 2. The zero-order chi connectivity index (χ0) is 18.5. The molecule has 0 aliphatic carbocycles. The van der Waals surface area contributed by atoms with Crippen LogP contribution in [0.25, 0.3) is 0 Å². The molecule has 1 amide bonds. The van der Waals surface area contributed by atoms with Gasteiger partial charge in [0.25, 0.3) is 0 Å². The van der Waals surface area contributed by atoms with Crippen LogP contribution in [0.5, 0.6) is 0 Å². The molecule has 0 fully saturated rings. The van der Waals surface area contributed by atoms with E-state index in [0.29, 0.717) is 13.9 Å². The highest BCUT2D eigenvalue weighted by Gasteiger charge is 2.11. The summed E-state index contributed by atoms with van der Waals surface area (Å²) >= 11 is 5.79. The van der Waals surface area contributed by atoms with E-state index in [2.05, 4.69) is 36.8 Å². The molecular formula is C17H14BrFN4OS2. The van der Waals surface area contributed by atoms with E-state index in [4.69, 9.17) is 0 Å². The van der Waals surface area contributed by atoms with Crippen LogP contribution in [-0.2, 0) is 4.79 Å². The van der Waals surface area contributed by atoms with Crippen molar-refractivity contribution in [1.82, 2.24) is 10.2 Å². The number of anilines is 3. The highest BCUT2D eigenvalue weighted by molar-refractivity contribution is 9.10. The van der Waals surface area contributed by atoms with Gasteiger partial charge in [-0.3, -0.25) is 4.79 Å². The van der Waals surface area contributed by atoms with Gasteiger partial charge in [-0.25, -0.2) is 4.39 Å². The number of rotatable bonds is 6. The van der Waals surface area contributed by atoms with Gasteiger partial charge < -0.3 is 10.6 Å². The van der Waals surface area contributed by atoms with Crippen LogP contribution < -0.4 is 10.6 Å². The van der Waals surface area contributed by atoms with Gasteiger partial charge in [0.2, 0.25) is 11.0 Å². The molecule has 3 aromatic rings. The number of benzene rings is 2. The van der Waals surface area contributed by atoms with Gasteiger partial charge in [0.15, 0.2) is 4.34 Å². The number of para-hydroxylation sites is 1. The molecule has 0 atom stereocenters. The minimum absolute atomic E-state index is 0.120. The average molecular weight is 453 g/mol. The Hall–Kier alpha value is -1.97. The Labute approximate surface area is 166 Å². The van der Waals surface area contributed by atoms with Crippen molar-refractivity contribution >= 4 is 61.4 Å². The van der Waals surface area contributed by atoms with Gasteiger partial charge >= 0.3 is 0 Å². The van der Waals surface area contributed by atoms with E-state index in [-0.39, 0.29) is 17.3 Å². The SMILES string of the molecule is Cc1ccccc1Nc1nnc(SCC(=O)Nc2ccc(Br)cc2F)s1. The van der Waals surface area contributed by atoms with E-state index in [0.717, 1.165) is 11.3 Å². The van der Waals surface area contributed by atoms with Crippen molar-refractivity contribution in [3.8, 4) is 0 Å². The number of halogens is 2.